The van der Waals surface area contributed by atoms with Gasteiger partial charge in [-0.1, -0.05) is 0 Å². The molecule has 1 rings (SSSR count). The number of rotatable bonds is 10. The molecule has 132 valence electrons. The van der Waals surface area contributed by atoms with Crippen LogP contribution in [-0.4, -0.2) is 64.3 Å². The van der Waals surface area contributed by atoms with E-state index in [-0.39, 0.29) is 6.10 Å². The van der Waals surface area contributed by atoms with Crippen molar-refractivity contribution in [2.24, 2.45) is 0 Å². The third kappa shape index (κ3) is 9.70. The zero-order valence-electron chi connectivity index (χ0n) is 15.2. The van der Waals surface area contributed by atoms with Crippen molar-refractivity contribution < 1.29 is 26.6 Å². The summed E-state index contributed by atoms with van der Waals surface area (Å²) < 4.78 is 29.3. The molecule has 1 saturated heterocycles. The Hall–Kier alpha value is 0.628. The fourth-order valence-corrected chi connectivity index (χ4v) is 19.3. The lowest BCUT2D eigenvalue weighted by atomic mass is 10.5. The van der Waals surface area contributed by atoms with Gasteiger partial charge in [0, 0.05) is 0 Å². The normalized spacial score (nSPS) is 20.3. The Balaban J connectivity index is 2.48. The van der Waals surface area contributed by atoms with Crippen LogP contribution in [0, 0.1) is 0 Å². The maximum atomic E-state index is 9.98. The monoisotopic (exact) mass is 384 g/mol. The maximum absolute atomic E-state index is 9.98. The Morgan fingerprint density at radius 3 is 1.86 bits per heavy atom. The molecule has 1 N–H and O–H groups in total. The molecule has 0 saturated carbocycles. The van der Waals surface area contributed by atoms with Gasteiger partial charge in [-0.15, -0.1) is 0 Å². The van der Waals surface area contributed by atoms with Gasteiger partial charge in [0.25, 0.3) is 0 Å². The lowest BCUT2D eigenvalue weighted by molar-refractivity contribution is 0.141. The Morgan fingerprint density at radius 1 is 0.909 bits per heavy atom. The highest BCUT2D eigenvalue weighted by atomic mass is 28.5. The molecule has 0 bridgehead atoms. The van der Waals surface area contributed by atoms with Crippen LogP contribution in [0.5, 0.6) is 0 Å². The molecule has 1 fully saturated rings. The minimum Gasteiger partial charge on any atom is -0.435 e. The Kier molecular flexibility index (Phi) is 6.81. The third-order valence-corrected chi connectivity index (χ3v) is 15.6. The largest absolute Gasteiger partial charge is 0.435 e. The highest BCUT2D eigenvalue weighted by Crippen LogP contribution is 2.23. The van der Waals surface area contributed by atoms with Crippen LogP contribution in [0.1, 0.15) is 0 Å². The minimum absolute atomic E-state index is 0.280. The lowest BCUT2D eigenvalue weighted by Gasteiger charge is -2.39. The summed E-state index contributed by atoms with van der Waals surface area (Å²) >= 11 is 0. The summed E-state index contributed by atoms with van der Waals surface area (Å²) in [6, 6.07) is 0. The molecule has 1 aliphatic rings. The van der Waals surface area contributed by atoms with E-state index in [2.05, 4.69) is 13.1 Å². The van der Waals surface area contributed by atoms with Crippen LogP contribution in [0.25, 0.3) is 0 Å². The second kappa shape index (κ2) is 7.25. The molecule has 0 radical (unpaired) electrons. The van der Waals surface area contributed by atoms with Gasteiger partial charge in [0.2, 0.25) is 8.32 Å². The fraction of sp³-hybridized carbons (Fsp3) is 1.00. The number of ether oxygens (including phenoxy) is 2. The maximum Gasteiger partial charge on any atom is 0.320 e. The Bertz CT molecular complexity index is 365. The molecule has 0 amide bonds. The van der Waals surface area contributed by atoms with Crippen molar-refractivity contribution in [2.45, 2.75) is 58.5 Å². The van der Waals surface area contributed by atoms with Gasteiger partial charge in [-0.05, 0) is 52.4 Å². The van der Waals surface area contributed by atoms with Crippen LogP contribution in [0.3, 0.4) is 0 Å². The fourth-order valence-electron chi connectivity index (χ4n) is 2.53. The average molecular weight is 385 g/mol. The van der Waals surface area contributed by atoms with E-state index in [0.717, 1.165) is 6.61 Å². The highest BCUT2D eigenvalue weighted by molar-refractivity contribution is 6.88. The van der Waals surface area contributed by atoms with Crippen molar-refractivity contribution in [1.82, 2.24) is 0 Å². The summed E-state index contributed by atoms with van der Waals surface area (Å²) in [4.78, 5) is 9.98. The van der Waals surface area contributed by atoms with Gasteiger partial charge in [-0.3, -0.25) is 0 Å². The number of hydrogen-bond acceptors (Lipinski definition) is 6. The molecule has 0 aromatic rings. The predicted octanol–water partition coefficient (Wildman–Crippen LogP) is 2.29. The highest BCUT2D eigenvalue weighted by Gasteiger charge is 2.43. The van der Waals surface area contributed by atoms with E-state index < -0.39 is 34.0 Å². The van der Waals surface area contributed by atoms with Gasteiger partial charge in [-0.25, -0.2) is 0 Å². The van der Waals surface area contributed by atoms with E-state index in [1.54, 1.807) is 13.1 Å². The van der Waals surface area contributed by atoms with Crippen molar-refractivity contribution in [3.8, 4) is 0 Å². The van der Waals surface area contributed by atoms with Crippen LogP contribution >= 0.6 is 0 Å². The minimum atomic E-state index is -2.60. The third-order valence-electron chi connectivity index (χ3n) is 2.66. The summed E-state index contributed by atoms with van der Waals surface area (Å²) in [5, 5.41) is 0. The predicted molar refractivity (Wildman–Crippen MR) is 96.0 cm³/mol. The van der Waals surface area contributed by atoms with E-state index in [1.807, 2.05) is 26.2 Å². The van der Waals surface area contributed by atoms with Gasteiger partial charge in [0.1, 0.15) is 6.10 Å². The first kappa shape index (κ1) is 20.7. The number of hydrogen-bond donors (Lipinski definition) is 1. The standard InChI is InChI=1S/C12H32O6Si4/c1-19(2,11-14-9-12-10-15-12)16-21(5,6)18-22(7,8)17-20(3,4)13/h12-13H,9-11H2,1-8H3. The molecule has 10 heteroatoms. The van der Waals surface area contributed by atoms with E-state index in [9.17, 15) is 4.80 Å². The summed E-state index contributed by atoms with van der Waals surface area (Å²) in [5.74, 6) is 0. The van der Waals surface area contributed by atoms with Crippen molar-refractivity contribution in [3.63, 3.8) is 0 Å². The van der Waals surface area contributed by atoms with Gasteiger partial charge in [0.05, 0.1) is 19.4 Å². The summed E-state index contributed by atoms with van der Waals surface area (Å²) in [7, 11) is -9.30. The second-order valence-corrected chi connectivity index (χ2v) is 22.5. The van der Waals surface area contributed by atoms with Gasteiger partial charge >= 0.3 is 25.7 Å². The van der Waals surface area contributed by atoms with Crippen LogP contribution in [0.4, 0.5) is 0 Å². The molecule has 22 heavy (non-hydrogen) atoms. The molecular formula is C12H32O6Si4. The zero-order chi connectivity index (χ0) is 17.2. The molecule has 1 unspecified atom stereocenters. The molecule has 0 aromatic heterocycles. The average Bonchev–Trinajstić information content (AvgIpc) is 2.91. The van der Waals surface area contributed by atoms with Crippen LogP contribution in [-0.2, 0) is 21.8 Å². The van der Waals surface area contributed by atoms with Crippen LogP contribution in [0.2, 0.25) is 52.4 Å². The molecule has 0 aliphatic carbocycles. The first-order chi connectivity index (χ1) is 9.70. The molecule has 6 nitrogen and oxygen atoms in total. The van der Waals surface area contributed by atoms with E-state index in [4.69, 9.17) is 21.8 Å². The van der Waals surface area contributed by atoms with Gasteiger partial charge in [-0.2, -0.15) is 0 Å². The SMILES string of the molecule is C[Si](C)(O)O[Si](C)(C)O[Si](C)(C)O[Si](C)(C)COCC1CO1. The Morgan fingerprint density at radius 2 is 1.41 bits per heavy atom. The number of epoxide rings is 1. The summed E-state index contributed by atoms with van der Waals surface area (Å²) in [6.45, 7) is 17.3. The van der Waals surface area contributed by atoms with E-state index in [0.29, 0.717) is 12.8 Å². The van der Waals surface area contributed by atoms with Gasteiger partial charge in [0.15, 0.2) is 0 Å². The summed E-state index contributed by atoms with van der Waals surface area (Å²) in [5.41, 5.74) is 0. The van der Waals surface area contributed by atoms with Crippen molar-refractivity contribution in [1.29, 1.82) is 0 Å². The quantitative estimate of drug-likeness (QED) is 0.460. The first-order valence-corrected chi connectivity index (χ1v) is 19.3. The summed E-state index contributed by atoms with van der Waals surface area (Å²) in [6.07, 6.45) is 0.915. The second-order valence-electron chi connectivity index (χ2n) is 7.78. The zero-order valence-corrected chi connectivity index (χ0v) is 19.2. The topological polar surface area (TPSA) is 69.7 Å². The smallest absolute Gasteiger partial charge is 0.320 e. The lowest BCUT2D eigenvalue weighted by Crippen LogP contribution is -2.57. The molecule has 1 atom stereocenters. The van der Waals surface area contributed by atoms with Crippen LogP contribution in [0.15, 0.2) is 0 Å². The van der Waals surface area contributed by atoms with Crippen molar-refractivity contribution >= 4 is 34.0 Å². The molecular weight excluding hydrogens is 352 g/mol. The van der Waals surface area contributed by atoms with Crippen molar-refractivity contribution in [2.75, 3.05) is 19.4 Å². The molecule has 1 heterocycles. The van der Waals surface area contributed by atoms with Crippen molar-refractivity contribution in [3.05, 3.63) is 0 Å². The van der Waals surface area contributed by atoms with E-state index in [1.165, 1.54) is 0 Å². The molecule has 0 spiro atoms. The first-order valence-electron chi connectivity index (χ1n) is 7.72. The Labute approximate surface area is 138 Å². The van der Waals surface area contributed by atoms with Gasteiger partial charge < -0.3 is 26.6 Å². The molecule has 0 aromatic carbocycles. The van der Waals surface area contributed by atoms with Crippen LogP contribution < -0.4 is 0 Å². The molecule has 1 aliphatic heterocycles. The van der Waals surface area contributed by atoms with E-state index >= 15 is 0 Å².